The highest BCUT2D eigenvalue weighted by atomic mass is 19.1. The minimum atomic E-state index is -0.372. The van der Waals surface area contributed by atoms with Crippen LogP contribution >= 0.6 is 0 Å². The molecule has 0 spiro atoms. The van der Waals surface area contributed by atoms with E-state index < -0.39 is 0 Å². The van der Waals surface area contributed by atoms with Crippen LogP contribution in [0.25, 0.3) is 5.69 Å². The number of likely N-dealkylation sites (tertiary alicyclic amines) is 1. The number of carbonyl (C=O) groups is 1. The lowest BCUT2D eigenvalue weighted by molar-refractivity contribution is 0.0571. The molecule has 0 unspecified atom stereocenters. The van der Waals surface area contributed by atoms with Gasteiger partial charge in [-0.15, -0.1) is 5.10 Å². The molecular weight excluding hydrogens is 319 g/mol. The van der Waals surface area contributed by atoms with Crippen molar-refractivity contribution < 1.29 is 9.18 Å². The second-order valence-corrected chi connectivity index (χ2v) is 7.46. The number of rotatable bonds is 4. The van der Waals surface area contributed by atoms with Gasteiger partial charge in [-0.3, -0.25) is 4.79 Å². The van der Waals surface area contributed by atoms with E-state index in [9.17, 15) is 9.18 Å². The van der Waals surface area contributed by atoms with Gasteiger partial charge in [0.15, 0.2) is 0 Å². The van der Waals surface area contributed by atoms with Crippen LogP contribution in [0.2, 0.25) is 0 Å². The number of aryl methyl sites for hydroxylation is 1. The highest BCUT2D eigenvalue weighted by Gasteiger charge is 2.31. The summed E-state index contributed by atoms with van der Waals surface area (Å²) < 4.78 is 15.7. The fraction of sp³-hybridized carbons (Fsp3) is 0.526. The van der Waals surface area contributed by atoms with Crippen LogP contribution in [0.3, 0.4) is 0 Å². The van der Waals surface area contributed by atoms with Crippen LogP contribution < -0.4 is 0 Å². The number of halogens is 1. The summed E-state index contributed by atoms with van der Waals surface area (Å²) in [6.07, 6.45) is 3.57. The Balaban J connectivity index is 1.94. The second kappa shape index (κ2) is 6.94. The molecule has 3 rings (SSSR count). The Labute approximate surface area is 147 Å². The summed E-state index contributed by atoms with van der Waals surface area (Å²) in [5.41, 5.74) is 0.435. The summed E-state index contributed by atoms with van der Waals surface area (Å²) in [6, 6.07) is 6.43. The molecule has 0 saturated carbocycles. The minimum Gasteiger partial charge on any atom is -0.335 e. The fourth-order valence-corrected chi connectivity index (χ4v) is 3.37. The van der Waals surface area contributed by atoms with Crippen molar-refractivity contribution in [2.24, 2.45) is 5.41 Å². The molecule has 1 fully saturated rings. The lowest BCUT2D eigenvalue weighted by Gasteiger charge is -2.37. The van der Waals surface area contributed by atoms with Crippen molar-refractivity contribution in [2.75, 3.05) is 13.1 Å². The maximum Gasteiger partial charge on any atom is 0.293 e. The number of hydrogen-bond acceptors (Lipinski definition) is 3. The van der Waals surface area contributed by atoms with Gasteiger partial charge in [0.25, 0.3) is 5.91 Å². The number of carbonyl (C=O) groups excluding carboxylic acids is 1. The maximum absolute atomic E-state index is 14.2. The van der Waals surface area contributed by atoms with Crippen LogP contribution in [0.5, 0.6) is 0 Å². The quantitative estimate of drug-likeness (QED) is 0.851. The van der Waals surface area contributed by atoms with Crippen molar-refractivity contribution in [3.8, 4) is 5.69 Å². The molecule has 1 aliphatic rings. The summed E-state index contributed by atoms with van der Waals surface area (Å²) in [4.78, 5) is 19.1. The number of piperidine rings is 1. The Hall–Kier alpha value is -2.24. The van der Waals surface area contributed by atoms with E-state index in [4.69, 9.17) is 0 Å². The molecule has 2 heterocycles. The van der Waals surface area contributed by atoms with E-state index >= 15 is 0 Å². The molecule has 134 valence electrons. The molecular formula is C19H25FN4O. The largest absolute Gasteiger partial charge is 0.335 e. The number of benzene rings is 1. The molecule has 0 N–H and O–H groups in total. The van der Waals surface area contributed by atoms with Gasteiger partial charge in [0, 0.05) is 19.5 Å². The molecule has 0 bridgehead atoms. The summed E-state index contributed by atoms with van der Waals surface area (Å²) in [7, 11) is 0. The maximum atomic E-state index is 14.2. The Morgan fingerprint density at radius 3 is 2.76 bits per heavy atom. The third-order valence-electron chi connectivity index (χ3n) is 4.61. The lowest BCUT2D eigenvalue weighted by Crippen LogP contribution is -2.44. The van der Waals surface area contributed by atoms with Crippen molar-refractivity contribution in [2.45, 2.75) is 46.5 Å². The van der Waals surface area contributed by atoms with E-state index in [2.05, 4.69) is 23.9 Å². The molecule has 1 aromatic heterocycles. The molecule has 6 heteroatoms. The first-order valence-electron chi connectivity index (χ1n) is 8.91. The molecule has 1 aliphatic heterocycles. The van der Waals surface area contributed by atoms with Crippen molar-refractivity contribution in [3.63, 3.8) is 0 Å². The van der Waals surface area contributed by atoms with Crippen LogP contribution in [0.4, 0.5) is 4.39 Å². The third-order valence-corrected chi connectivity index (χ3v) is 4.61. The zero-order chi connectivity index (χ0) is 18.0. The first-order chi connectivity index (χ1) is 11.9. The van der Waals surface area contributed by atoms with E-state index in [0.717, 1.165) is 25.8 Å². The molecule has 25 heavy (non-hydrogen) atoms. The molecule has 1 saturated heterocycles. The Bertz CT molecular complexity index is 769. The Kier molecular flexibility index (Phi) is 4.88. The van der Waals surface area contributed by atoms with Crippen molar-refractivity contribution >= 4 is 5.91 Å². The molecule has 1 amide bonds. The zero-order valence-electron chi connectivity index (χ0n) is 15.1. The van der Waals surface area contributed by atoms with Crippen molar-refractivity contribution in [1.29, 1.82) is 0 Å². The van der Waals surface area contributed by atoms with Crippen LogP contribution in [0, 0.1) is 11.2 Å². The summed E-state index contributed by atoms with van der Waals surface area (Å²) >= 11 is 0. The standard InChI is InChI=1S/C19H25FN4O/c1-4-8-16-21-17(18(25)23-12-7-11-19(2,3)13-23)22-24(16)15-10-6-5-9-14(15)20/h5-6,9-10H,4,7-8,11-13H2,1-3H3. The van der Waals surface area contributed by atoms with E-state index in [1.165, 1.54) is 10.7 Å². The van der Waals surface area contributed by atoms with Gasteiger partial charge in [-0.2, -0.15) is 0 Å². The van der Waals surface area contributed by atoms with Crippen LogP contribution in [-0.2, 0) is 6.42 Å². The average Bonchev–Trinajstić information content (AvgIpc) is 2.98. The van der Waals surface area contributed by atoms with Crippen molar-refractivity contribution in [1.82, 2.24) is 19.7 Å². The normalized spacial score (nSPS) is 16.9. The van der Waals surface area contributed by atoms with Crippen LogP contribution in [-0.4, -0.2) is 38.7 Å². The van der Waals surface area contributed by atoms with Gasteiger partial charge in [0.05, 0.1) is 0 Å². The summed E-state index contributed by atoms with van der Waals surface area (Å²) in [6.45, 7) is 7.78. The second-order valence-electron chi connectivity index (χ2n) is 7.46. The van der Waals surface area contributed by atoms with Crippen molar-refractivity contribution in [3.05, 3.63) is 41.7 Å². The number of aromatic nitrogens is 3. The van der Waals surface area contributed by atoms with E-state index in [-0.39, 0.29) is 23.0 Å². The first kappa shape index (κ1) is 17.6. The highest BCUT2D eigenvalue weighted by Crippen LogP contribution is 2.29. The fourth-order valence-electron chi connectivity index (χ4n) is 3.37. The smallest absolute Gasteiger partial charge is 0.293 e. The summed E-state index contributed by atoms with van der Waals surface area (Å²) in [5.74, 6) is 0.236. The highest BCUT2D eigenvalue weighted by molar-refractivity contribution is 5.90. The van der Waals surface area contributed by atoms with E-state index in [1.807, 2.05) is 11.8 Å². The SMILES string of the molecule is CCCc1nc(C(=O)N2CCCC(C)(C)C2)nn1-c1ccccc1F. The molecule has 2 aromatic rings. The molecule has 1 aromatic carbocycles. The first-order valence-corrected chi connectivity index (χ1v) is 8.91. The minimum absolute atomic E-state index is 0.105. The van der Waals surface area contributed by atoms with Gasteiger partial charge >= 0.3 is 0 Å². The third kappa shape index (κ3) is 3.72. The van der Waals surface area contributed by atoms with Gasteiger partial charge in [-0.1, -0.05) is 32.9 Å². The Morgan fingerprint density at radius 1 is 1.32 bits per heavy atom. The molecule has 0 atom stereocenters. The van der Waals surface area contributed by atoms with E-state index in [0.29, 0.717) is 24.5 Å². The van der Waals surface area contributed by atoms with Gasteiger partial charge in [-0.05, 0) is 36.8 Å². The van der Waals surface area contributed by atoms with Crippen LogP contribution in [0.15, 0.2) is 24.3 Å². The number of nitrogens with zero attached hydrogens (tertiary/aromatic N) is 4. The summed E-state index contributed by atoms with van der Waals surface area (Å²) in [5, 5.41) is 4.36. The monoisotopic (exact) mass is 344 g/mol. The van der Waals surface area contributed by atoms with E-state index in [1.54, 1.807) is 18.2 Å². The predicted molar refractivity (Wildman–Crippen MR) is 94.2 cm³/mol. The number of hydrogen-bond donors (Lipinski definition) is 0. The lowest BCUT2D eigenvalue weighted by atomic mass is 9.84. The number of para-hydroxylation sites is 1. The van der Waals surface area contributed by atoms with Crippen LogP contribution in [0.1, 0.15) is 56.5 Å². The zero-order valence-corrected chi connectivity index (χ0v) is 15.1. The Morgan fingerprint density at radius 2 is 2.08 bits per heavy atom. The molecule has 0 radical (unpaired) electrons. The topological polar surface area (TPSA) is 51.0 Å². The van der Waals surface area contributed by atoms with Gasteiger partial charge in [0.2, 0.25) is 5.82 Å². The predicted octanol–water partition coefficient (Wildman–Crippen LogP) is 3.62. The van der Waals surface area contributed by atoms with Gasteiger partial charge in [-0.25, -0.2) is 14.1 Å². The number of amides is 1. The molecule has 5 nitrogen and oxygen atoms in total. The molecule has 0 aliphatic carbocycles. The van der Waals surface area contributed by atoms with Gasteiger partial charge < -0.3 is 4.90 Å². The van der Waals surface area contributed by atoms with Gasteiger partial charge in [0.1, 0.15) is 17.3 Å². The average molecular weight is 344 g/mol.